The lowest BCUT2D eigenvalue weighted by Gasteiger charge is -2.20. The molecule has 0 atom stereocenters. The van der Waals surface area contributed by atoms with Crippen molar-refractivity contribution in [3.05, 3.63) is 46.2 Å². The molecule has 3 rings (SSSR count). The van der Waals surface area contributed by atoms with Crippen LogP contribution in [-0.4, -0.2) is 50.8 Å². The van der Waals surface area contributed by atoms with Gasteiger partial charge < -0.3 is 9.64 Å². The third-order valence-corrected chi connectivity index (χ3v) is 7.19. The van der Waals surface area contributed by atoms with Crippen LogP contribution in [0.3, 0.4) is 0 Å². The molecule has 1 aliphatic rings. The topological polar surface area (TPSA) is 66.9 Å². The van der Waals surface area contributed by atoms with E-state index in [0.29, 0.717) is 25.2 Å². The van der Waals surface area contributed by atoms with Crippen molar-refractivity contribution in [3.8, 4) is 5.75 Å². The molecule has 1 fully saturated rings. The van der Waals surface area contributed by atoms with Gasteiger partial charge in [0.2, 0.25) is 10.0 Å². The van der Waals surface area contributed by atoms with E-state index in [0.717, 1.165) is 17.7 Å². The van der Waals surface area contributed by atoms with Crippen molar-refractivity contribution in [2.75, 3.05) is 27.2 Å². The van der Waals surface area contributed by atoms with Crippen LogP contribution in [0.15, 0.2) is 40.6 Å². The van der Waals surface area contributed by atoms with Gasteiger partial charge in [0.15, 0.2) is 0 Å². The van der Waals surface area contributed by atoms with Gasteiger partial charge in [0.05, 0.1) is 13.7 Å². The predicted molar refractivity (Wildman–Crippen MR) is 101 cm³/mol. The Morgan fingerprint density at radius 2 is 2.00 bits per heavy atom. The molecule has 0 N–H and O–H groups in total. The van der Waals surface area contributed by atoms with Gasteiger partial charge in [0.1, 0.15) is 10.6 Å². The third-order valence-electron chi connectivity index (χ3n) is 4.41. The number of sulfonamides is 1. The normalized spacial score (nSPS) is 15.2. The second-order valence-electron chi connectivity index (χ2n) is 6.22. The molecule has 1 amide bonds. The molecule has 6 nitrogen and oxygen atoms in total. The Hall–Kier alpha value is -1.90. The fraction of sp³-hybridized carbons (Fsp3) is 0.389. The second-order valence-corrected chi connectivity index (χ2v) is 9.16. The van der Waals surface area contributed by atoms with Gasteiger partial charge in [-0.3, -0.25) is 4.79 Å². The molecule has 1 saturated heterocycles. The first-order chi connectivity index (χ1) is 12.4. The second kappa shape index (κ2) is 7.77. The number of methoxy groups -OCH3 is 1. The van der Waals surface area contributed by atoms with E-state index in [1.807, 2.05) is 17.5 Å². The van der Waals surface area contributed by atoms with Gasteiger partial charge in [-0.05, 0) is 42.5 Å². The van der Waals surface area contributed by atoms with Crippen molar-refractivity contribution in [3.63, 3.8) is 0 Å². The monoisotopic (exact) mass is 394 g/mol. The Kier molecular flexibility index (Phi) is 5.64. The van der Waals surface area contributed by atoms with E-state index >= 15 is 0 Å². The number of amides is 1. The van der Waals surface area contributed by atoms with Gasteiger partial charge >= 0.3 is 0 Å². The summed E-state index contributed by atoms with van der Waals surface area (Å²) in [5.41, 5.74) is 0.336. The number of hydrogen-bond donors (Lipinski definition) is 0. The summed E-state index contributed by atoms with van der Waals surface area (Å²) >= 11 is 1.58. The number of nitrogens with zero attached hydrogens (tertiary/aromatic N) is 2. The van der Waals surface area contributed by atoms with E-state index in [2.05, 4.69) is 0 Å². The highest BCUT2D eigenvalue weighted by Gasteiger charge is 2.31. The van der Waals surface area contributed by atoms with Gasteiger partial charge in [-0.1, -0.05) is 6.07 Å². The lowest BCUT2D eigenvalue weighted by Crippen LogP contribution is -2.29. The zero-order valence-electron chi connectivity index (χ0n) is 14.8. The van der Waals surface area contributed by atoms with Gasteiger partial charge in [-0.25, -0.2) is 8.42 Å². The van der Waals surface area contributed by atoms with Crippen molar-refractivity contribution < 1.29 is 17.9 Å². The highest BCUT2D eigenvalue weighted by Crippen LogP contribution is 2.30. The fourth-order valence-electron chi connectivity index (χ4n) is 3.01. The maximum atomic E-state index is 12.9. The van der Waals surface area contributed by atoms with Gasteiger partial charge in [0, 0.05) is 30.6 Å². The Balaban J connectivity index is 1.90. The quantitative estimate of drug-likeness (QED) is 0.756. The summed E-state index contributed by atoms with van der Waals surface area (Å²) in [4.78, 5) is 15.5. The van der Waals surface area contributed by atoms with Crippen LogP contribution in [0.4, 0.5) is 0 Å². The van der Waals surface area contributed by atoms with Crippen LogP contribution in [0, 0.1) is 0 Å². The molecule has 0 spiro atoms. The van der Waals surface area contributed by atoms with Crippen LogP contribution in [0.1, 0.15) is 28.1 Å². The molecular weight excluding hydrogens is 372 g/mol. The lowest BCUT2D eigenvalue weighted by atomic mass is 10.2. The summed E-state index contributed by atoms with van der Waals surface area (Å²) in [5, 5.41) is 1.96. The summed E-state index contributed by atoms with van der Waals surface area (Å²) in [6.45, 7) is 1.49. The molecule has 0 radical (unpaired) electrons. The molecule has 0 aliphatic carbocycles. The standard InChI is InChI=1S/C18H22N2O4S2/c1-19(13-15-6-5-11-25-15)18(21)14-7-8-16(24-2)17(12-14)26(22,23)20-9-3-4-10-20/h5-8,11-12H,3-4,9-10,13H2,1-2H3. The van der Waals surface area contributed by atoms with Crippen molar-refractivity contribution in [1.82, 2.24) is 9.21 Å². The number of thiophene rings is 1. The molecule has 2 heterocycles. The summed E-state index contributed by atoms with van der Waals surface area (Å²) in [7, 11) is -0.531. The maximum absolute atomic E-state index is 12.9. The number of rotatable bonds is 6. The number of carbonyl (C=O) groups excluding carboxylic acids is 1. The molecule has 8 heteroatoms. The highest BCUT2D eigenvalue weighted by atomic mass is 32.2. The number of ether oxygens (including phenoxy) is 1. The van der Waals surface area contributed by atoms with Crippen LogP contribution >= 0.6 is 11.3 Å². The van der Waals surface area contributed by atoms with E-state index in [4.69, 9.17) is 4.74 Å². The van der Waals surface area contributed by atoms with Crippen molar-refractivity contribution >= 4 is 27.3 Å². The first-order valence-corrected chi connectivity index (χ1v) is 10.7. The van der Waals surface area contributed by atoms with Crippen LogP contribution in [0.25, 0.3) is 0 Å². The Morgan fingerprint density at radius 1 is 1.27 bits per heavy atom. The summed E-state index contributed by atoms with van der Waals surface area (Å²) in [6, 6.07) is 8.49. The zero-order chi connectivity index (χ0) is 18.7. The molecule has 0 bridgehead atoms. The van der Waals surface area contributed by atoms with Crippen LogP contribution in [-0.2, 0) is 16.6 Å². The van der Waals surface area contributed by atoms with Crippen molar-refractivity contribution in [2.24, 2.45) is 0 Å². The Bertz CT molecular complexity index is 873. The average Bonchev–Trinajstić information content (AvgIpc) is 3.34. The fourth-order valence-corrected chi connectivity index (χ4v) is 5.46. The average molecular weight is 395 g/mol. The SMILES string of the molecule is COc1ccc(C(=O)N(C)Cc2cccs2)cc1S(=O)(=O)N1CCCC1. The van der Waals surface area contributed by atoms with Gasteiger partial charge in [0.25, 0.3) is 5.91 Å². The Labute approximate surface area is 158 Å². The minimum absolute atomic E-state index is 0.0530. The molecule has 1 aliphatic heterocycles. The van der Waals surface area contributed by atoms with Crippen molar-refractivity contribution in [1.29, 1.82) is 0 Å². The van der Waals surface area contributed by atoms with Crippen LogP contribution < -0.4 is 4.74 Å². The van der Waals surface area contributed by atoms with E-state index in [-0.39, 0.29) is 16.6 Å². The Morgan fingerprint density at radius 3 is 2.62 bits per heavy atom. The first-order valence-electron chi connectivity index (χ1n) is 8.39. The summed E-state index contributed by atoms with van der Waals surface area (Å²) in [5.74, 6) is 0.0354. The summed E-state index contributed by atoms with van der Waals surface area (Å²) < 4.78 is 32.6. The van der Waals surface area contributed by atoms with E-state index in [1.165, 1.54) is 17.5 Å². The minimum Gasteiger partial charge on any atom is -0.495 e. The molecule has 1 aromatic heterocycles. The molecule has 2 aromatic rings. The number of carbonyl (C=O) groups is 1. The smallest absolute Gasteiger partial charge is 0.253 e. The van der Waals surface area contributed by atoms with Gasteiger partial charge in [-0.2, -0.15) is 4.31 Å². The highest BCUT2D eigenvalue weighted by molar-refractivity contribution is 7.89. The first kappa shape index (κ1) is 18.9. The zero-order valence-corrected chi connectivity index (χ0v) is 16.5. The number of hydrogen-bond acceptors (Lipinski definition) is 5. The molecular formula is C18H22N2O4S2. The van der Waals surface area contributed by atoms with Crippen LogP contribution in [0.2, 0.25) is 0 Å². The van der Waals surface area contributed by atoms with E-state index < -0.39 is 10.0 Å². The molecule has 26 heavy (non-hydrogen) atoms. The van der Waals surface area contributed by atoms with Crippen LogP contribution in [0.5, 0.6) is 5.75 Å². The molecule has 140 valence electrons. The third kappa shape index (κ3) is 3.77. The van der Waals surface area contributed by atoms with E-state index in [9.17, 15) is 13.2 Å². The van der Waals surface area contributed by atoms with E-state index in [1.54, 1.807) is 35.4 Å². The predicted octanol–water partition coefficient (Wildman–Crippen LogP) is 2.81. The number of benzene rings is 1. The lowest BCUT2D eigenvalue weighted by molar-refractivity contribution is 0.0786. The largest absolute Gasteiger partial charge is 0.495 e. The van der Waals surface area contributed by atoms with Crippen molar-refractivity contribution in [2.45, 2.75) is 24.3 Å². The molecule has 1 aromatic carbocycles. The minimum atomic E-state index is -3.67. The molecule has 0 unspecified atom stereocenters. The molecule has 0 saturated carbocycles. The summed E-state index contributed by atoms with van der Waals surface area (Å²) in [6.07, 6.45) is 1.70. The van der Waals surface area contributed by atoms with Gasteiger partial charge in [-0.15, -0.1) is 11.3 Å². The maximum Gasteiger partial charge on any atom is 0.253 e.